The van der Waals surface area contributed by atoms with E-state index in [1.165, 1.54) is 12.8 Å². The number of aliphatic hydroxyl groups is 1. The van der Waals surface area contributed by atoms with Gasteiger partial charge < -0.3 is 10.8 Å². The molecule has 2 rings (SSSR count). The number of hydrogen-bond donors (Lipinski definition) is 2. The smallest absolute Gasteiger partial charge is 0.0704 e. The quantitative estimate of drug-likeness (QED) is 0.765. The molecule has 4 heteroatoms. The monoisotopic (exact) mass is 209 g/mol. The molecular weight excluding hydrogens is 190 g/mol. The van der Waals surface area contributed by atoms with Crippen molar-refractivity contribution in [3.63, 3.8) is 0 Å². The molecule has 0 radical (unpaired) electrons. The third kappa shape index (κ3) is 2.21. The Kier molecular flexibility index (Phi) is 3.07. The number of aromatic nitrogens is 2. The summed E-state index contributed by atoms with van der Waals surface area (Å²) in [6.45, 7) is 3.06. The van der Waals surface area contributed by atoms with Crippen LogP contribution in [-0.4, -0.2) is 21.5 Å². The normalized spacial score (nSPS) is 18.1. The van der Waals surface area contributed by atoms with Gasteiger partial charge >= 0.3 is 0 Å². The van der Waals surface area contributed by atoms with Gasteiger partial charge in [0.1, 0.15) is 0 Å². The Morgan fingerprint density at radius 2 is 2.40 bits per heavy atom. The van der Waals surface area contributed by atoms with Crippen molar-refractivity contribution in [1.82, 2.24) is 9.78 Å². The third-order valence-corrected chi connectivity index (χ3v) is 2.83. The molecule has 0 amide bonds. The molecule has 1 aromatic rings. The summed E-state index contributed by atoms with van der Waals surface area (Å²) in [5.41, 5.74) is 8.02. The molecule has 1 unspecified atom stereocenters. The molecule has 0 bridgehead atoms. The zero-order valence-electron chi connectivity index (χ0n) is 9.19. The van der Waals surface area contributed by atoms with Crippen LogP contribution in [0.2, 0.25) is 0 Å². The lowest BCUT2D eigenvalue weighted by Gasteiger charge is -2.06. The molecule has 1 aromatic heterocycles. The van der Waals surface area contributed by atoms with Gasteiger partial charge in [0.2, 0.25) is 0 Å². The average molecular weight is 209 g/mol. The maximum Gasteiger partial charge on any atom is 0.0704 e. The minimum absolute atomic E-state index is 0.00244. The second-order valence-electron chi connectivity index (χ2n) is 4.30. The largest absolute Gasteiger partial charge is 0.394 e. The summed E-state index contributed by atoms with van der Waals surface area (Å²) in [6, 6.07) is -0.272. The molecule has 1 heterocycles. The summed E-state index contributed by atoms with van der Waals surface area (Å²) in [4.78, 5) is 0. The predicted octanol–water partition coefficient (Wildman–Crippen LogP) is 1.16. The average Bonchev–Trinajstić information content (AvgIpc) is 3.00. The number of hydrogen-bond acceptors (Lipinski definition) is 3. The Morgan fingerprint density at radius 1 is 1.67 bits per heavy atom. The number of aliphatic hydroxyl groups excluding tert-OH is 1. The first-order chi connectivity index (χ1) is 7.26. The fourth-order valence-electron chi connectivity index (χ4n) is 1.85. The summed E-state index contributed by atoms with van der Waals surface area (Å²) in [5, 5.41) is 13.6. The molecule has 0 aliphatic heterocycles. The van der Waals surface area contributed by atoms with Crippen molar-refractivity contribution in [1.29, 1.82) is 0 Å². The SMILES string of the molecule is CCCn1cc(C(N)CO)c(C2CC2)n1. The van der Waals surface area contributed by atoms with Crippen LogP contribution in [0.3, 0.4) is 0 Å². The minimum atomic E-state index is -0.272. The molecule has 0 aromatic carbocycles. The summed E-state index contributed by atoms with van der Waals surface area (Å²) in [5.74, 6) is 0.593. The van der Waals surface area contributed by atoms with Gasteiger partial charge in [0.15, 0.2) is 0 Å². The lowest BCUT2D eigenvalue weighted by atomic mass is 10.1. The highest BCUT2D eigenvalue weighted by atomic mass is 16.3. The van der Waals surface area contributed by atoms with Gasteiger partial charge in [0.05, 0.1) is 18.3 Å². The van der Waals surface area contributed by atoms with Crippen LogP contribution in [0.15, 0.2) is 6.20 Å². The van der Waals surface area contributed by atoms with Gasteiger partial charge in [-0.05, 0) is 19.3 Å². The van der Waals surface area contributed by atoms with E-state index < -0.39 is 0 Å². The van der Waals surface area contributed by atoms with Gasteiger partial charge in [0, 0.05) is 24.2 Å². The van der Waals surface area contributed by atoms with Gasteiger partial charge in [-0.25, -0.2) is 0 Å². The van der Waals surface area contributed by atoms with Crippen molar-refractivity contribution in [2.75, 3.05) is 6.61 Å². The van der Waals surface area contributed by atoms with Crippen molar-refractivity contribution in [2.24, 2.45) is 5.73 Å². The van der Waals surface area contributed by atoms with Crippen molar-refractivity contribution in [3.05, 3.63) is 17.5 Å². The highest BCUT2D eigenvalue weighted by molar-refractivity contribution is 5.27. The lowest BCUT2D eigenvalue weighted by Crippen LogP contribution is -2.15. The van der Waals surface area contributed by atoms with E-state index in [0.717, 1.165) is 24.2 Å². The van der Waals surface area contributed by atoms with Crippen LogP contribution in [-0.2, 0) is 6.54 Å². The molecule has 3 N–H and O–H groups in total. The highest BCUT2D eigenvalue weighted by Crippen LogP contribution is 2.41. The van der Waals surface area contributed by atoms with Gasteiger partial charge in [-0.1, -0.05) is 6.92 Å². The van der Waals surface area contributed by atoms with Crippen molar-refractivity contribution in [2.45, 2.75) is 44.7 Å². The lowest BCUT2D eigenvalue weighted by molar-refractivity contribution is 0.267. The topological polar surface area (TPSA) is 64.1 Å². The highest BCUT2D eigenvalue weighted by Gasteiger charge is 2.30. The molecule has 84 valence electrons. The van der Waals surface area contributed by atoms with E-state index in [0.29, 0.717) is 5.92 Å². The fraction of sp³-hybridized carbons (Fsp3) is 0.727. The van der Waals surface area contributed by atoms with E-state index in [2.05, 4.69) is 12.0 Å². The van der Waals surface area contributed by atoms with Crippen LogP contribution in [0, 0.1) is 0 Å². The van der Waals surface area contributed by atoms with E-state index in [1.807, 2.05) is 10.9 Å². The molecule has 1 aliphatic rings. The first kappa shape index (κ1) is 10.6. The molecule has 1 atom stereocenters. The predicted molar refractivity (Wildman–Crippen MR) is 58.5 cm³/mol. The molecule has 1 fully saturated rings. The summed E-state index contributed by atoms with van der Waals surface area (Å²) in [7, 11) is 0. The molecule has 1 saturated carbocycles. The van der Waals surface area contributed by atoms with Crippen LogP contribution in [0.5, 0.6) is 0 Å². The van der Waals surface area contributed by atoms with Gasteiger partial charge in [-0.15, -0.1) is 0 Å². The van der Waals surface area contributed by atoms with Crippen LogP contribution in [0.25, 0.3) is 0 Å². The molecule has 15 heavy (non-hydrogen) atoms. The summed E-state index contributed by atoms with van der Waals surface area (Å²) >= 11 is 0. The molecule has 0 saturated heterocycles. The maximum atomic E-state index is 9.09. The summed E-state index contributed by atoms with van der Waals surface area (Å²) < 4.78 is 1.96. The van der Waals surface area contributed by atoms with Crippen LogP contribution in [0.4, 0.5) is 0 Å². The van der Waals surface area contributed by atoms with Crippen LogP contribution < -0.4 is 5.73 Å². The van der Waals surface area contributed by atoms with Crippen molar-refractivity contribution in [3.8, 4) is 0 Å². The number of aryl methyl sites for hydroxylation is 1. The first-order valence-corrected chi connectivity index (χ1v) is 5.70. The number of rotatable bonds is 5. The number of nitrogens with two attached hydrogens (primary N) is 1. The number of nitrogens with zero attached hydrogens (tertiary/aromatic N) is 2. The minimum Gasteiger partial charge on any atom is -0.394 e. The van der Waals surface area contributed by atoms with Crippen LogP contribution >= 0.6 is 0 Å². The van der Waals surface area contributed by atoms with E-state index in [-0.39, 0.29) is 12.6 Å². The third-order valence-electron chi connectivity index (χ3n) is 2.83. The Bertz CT molecular complexity index is 331. The van der Waals surface area contributed by atoms with Crippen molar-refractivity contribution >= 4 is 0 Å². The molecule has 0 spiro atoms. The Morgan fingerprint density at radius 3 is 2.93 bits per heavy atom. The second-order valence-corrected chi connectivity index (χ2v) is 4.30. The standard InChI is InChI=1S/C11H19N3O/c1-2-5-14-6-9(10(12)7-15)11(13-14)8-3-4-8/h6,8,10,15H,2-5,7,12H2,1H3. The zero-order valence-corrected chi connectivity index (χ0v) is 9.19. The van der Waals surface area contributed by atoms with E-state index in [9.17, 15) is 0 Å². The maximum absolute atomic E-state index is 9.09. The second kappa shape index (κ2) is 4.33. The molecule has 1 aliphatic carbocycles. The van der Waals surface area contributed by atoms with E-state index in [1.54, 1.807) is 0 Å². The zero-order chi connectivity index (χ0) is 10.8. The molecule has 4 nitrogen and oxygen atoms in total. The fourth-order valence-corrected chi connectivity index (χ4v) is 1.85. The Balaban J connectivity index is 2.24. The van der Waals surface area contributed by atoms with E-state index in [4.69, 9.17) is 10.8 Å². The Hall–Kier alpha value is -0.870. The molecular formula is C11H19N3O. The Labute approximate surface area is 90.1 Å². The van der Waals surface area contributed by atoms with Crippen molar-refractivity contribution < 1.29 is 5.11 Å². The van der Waals surface area contributed by atoms with Crippen LogP contribution in [0.1, 0.15) is 49.4 Å². The summed E-state index contributed by atoms with van der Waals surface area (Å²) in [6.07, 6.45) is 5.50. The van der Waals surface area contributed by atoms with Gasteiger partial charge in [0.25, 0.3) is 0 Å². The van der Waals surface area contributed by atoms with Gasteiger partial charge in [-0.2, -0.15) is 5.10 Å². The van der Waals surface area contributed by atoms with E-state index >= 15 is 0 Å². The van der Waals surface area contributed by atoms with Gasteiger partial charge in [-0.3, -0.25) is 4.68 Å². The first-order valence-electron chi connectivity index (χ1n) is 5.70.